The number of aromatic nitrogens is 2. The first-order valence-corrected chi connectivity index (χ1v) is 11.0. The van der Waals surface area contributed by atoms with Crippen molar-refractivity contribution in [2.75, 3.05) is 24.7 Å². The molecule has 4 rings (SSSR count). The summed E-state index contributed by atoms with van der Waals surface area (Å²) in [5.41, 5.74) is -4.29. The minimum atomic E-state index is -5.09. The van der Waals surface area contributed by atoms with Gasteiger partial charge < -0.3 is 15.0 Å². The fourth-order valence-corrected chi connectivity index (χ4v) is 3.94. The van der Waals surface area contributed by atoms with Crippen LogP contribution in [-0.2, 0) is 22.3 Å². The summed E-state index contributed by atoms with van der Waals surface area (Å²) in [6.45, 7) is 0.858. The van der Waals surface area contributed by atoms with Crippen molar-refractivity contribution in [1.29, 1.82) is 0 Å². The first-order valence-electron chi connectivity index (χ1n) is 11.0. The number of halogens is 4. The lowest BCUT2D eigenvalue weighted by atomic mass is 10.1. The predicted molar refractivity (Wildman–Crippen MR) is 123 cm³/mol. The summed E-state index contributed by atoms with van der Waals surface area (Å²) in [7, 11) is 0. The summed E-state index contributed by atoms with van der Waals surface area (Å²) in [6, 6.07) is 8.73. The highest BCUT2D eigenvalue weighted by Crippen LogP contribution is 2.34. The first-order chi connectivity index (χ1) is 17.5. The molecule has 1 N–H and O–H groups in total. The Morgan fingerprint density at radius 1 is 1.05 bits per heavy atom. The van der Waals surface area contributed by atoms with Gasteiger partial charge in [-0.3, -0.25) is 18.7 Å². The van der Waals surface area contributed by atoms with Crippen molar-refractivity contribution in [3.05, 3.63) is 92.0 Å². The third-order valence-corrected chi connectivity index (χ3v) is 5.67. The number of carbonyl (C=O) groups excluding carboxylic acids is 2. The van der Waals surface area contributed by atoms with E-state index in [0.717, 1.165) is 22.9 Å². The first kappa shape index (κ1) is 25.7. The highest BCUT2D eigenvalue weighted by molar-refractivity contribution is 5.88. The Morgan fingerprint density at radius 3 is 2.32 bits per heavy atom. The van der Waals surface area contributed by atoms with E-state index in [4.69, 9.17) is 4.74 Å². The molecule has 0 aliphatic carbocycles. The average Bonchev–Trinajstić information content (AvgIpc) is 3.27. The van der Waals surface area contributed by atoms with Crippen molar-refractivity contribution < 1.29 is 31.9 Å². The lowest BCUT2D eigenvalue weighted by molar-refractivity contribution is -0.140. The lowest BCUT2D eigenvalue weighted by Gasteiger charge is -2.18. The molecule has 9 nitrogen and oxygen atoms in total. The van der Waals surface area contributed by atoms with Crippen LogP contribution in [0.4, 0.5) is 23.2 Å². The smallest absolute Gasteiger partial charge is 0.419 e. The second kappa shape index (κ2) is 9.91. The largest absolute Gasteiger partial charge is 0.462 e. The van der Waals surface area contributed by atoms with Crippen LogP contribution in [0.5, 0.6) is 0 Å². The number of anilines is 1. The maximum Gasteiger partial charge on any atom is 0.419 e. The van der Waals surface area contributed by atoms with Crippen molar-refractivity contribution in [1.82, 2.24) is 14.5 Å². The maximum absolute atomic E-state index is 14.1. The van der Waals surface area contributed by atoms with Crippen LogP contribution < -0.4 is 21.5 Å². The third kappa shape index (κ3) is 5.10. The van der Waals surface area contributed by atoms with E-state index in [9.17, 15) is 36.7 Å². The third-order valence-electron chi connectivity index (χ3n) is 5.67. The zero-order valence-electron chi connectivity index (χ0n) is 19.3. The SMILES string of the molecule is CCOC(=O)c1cn(-c2ccc(N3CNC(=O)C3)cc2)c(=O)n(Cc2cccc(F)c2C(F)(F)F)c1=O. The van der Waals surface area contributed by atoms with Gasteiger partial charge in [-0.2, -0.15) is 13.2 Å². The Labute approximate surface area is 206 Å². The highest BCUT2D eigenvalue weighted by atomic mass is 19.4. The molecule has 1 amide bonds. The fourth-order valence-electron chi connectivity index (χ4n) is 3.94. The van der Waals surface area contributed by atoms with Crippen molar-refractivity contribution in [2.45, 2.75) is 19.6 Å². The maximum atomic E-state index is 14.1. The van der Waals surface area contributed by atoms with Gasteiger partial charge in [-0.25, -0.2) is 14.0 Å². The van der Waals surface area contributed by atoms with Gasteiger partial charge in [0.15, 0.2) is 0 Å². The van der Waals surface area contributed by atoms with Crippen molar-refractivity contribution in [3.63, 3.8) is 0 Å². The summed E-state index contributed by atoms with van der Waals surface area (Å²) < 4.78 is 60.9. The predicted octanol–water partition coefficient (Wildman–Crippen LogP) is 2.28. The molecule has 0 unspecified atom stereocenters. The molecule has 1 fully saturated rings. The molecule has 1 aromatic heterocycles. The standard InChI is InChI=1S/C24H20F4N4O5/c1-2-37-22(35)17-11-31(16-8-6-15(7-9-16)30-12-19(33)29-13-30)23(36)32(21(17)34)10-14-4-3-5-18(25)20(14)24(26,27)28/h3-9,11H,2,10,12-13H2,1H3,(H,29,33). The molecule has 1 aliphatic heterocycles. The summed E-state index contributed by atoms with van der Waals surface area (Å²) in [4.78, 5) is 52.0. The molecule has 0 atom stereocenters. The van der Waals surface area contributed by atoms with E-state index in [0.29, 0.717) is 16.3 Å². The van der Waals surface area contributed by atoms with E-state index in [-0.39, 0.29) is 31.4 Å². The molecule has 0 spiro atoms. The van der Waals surface area contributed by atoms with E-state index in [1.165, 1.54) is 19.1 Å². The van der Waals surface area contributed by atoms with Gasteiger partial charge in [0.05, 0.1) is 37.6 Å². The molecule has 1 aliphatic rings. The van der Waals surface area contributed by atoms with Crippen molar-refractivity contribution in [2.24, 2.45) is 0 Å². The molecule has 37 heavy (non-hydrogen) atoms. The van der Waals surface area contributed by atoms with Crippen LogP contribution in [-0.4, -0.2) is 40.8 Å². The second-order valence-electron chi connectivity index (χ2n) is 8.05. The van der Waals surface area contributed by atoms with Crippen LogP contribution in [0.2, 0.25) is 0 Å². The minimum Gasteiger partial charge on any atom is -0.462 e. The van der Waals surface area contributed by atoms with Crippen LogP contribution in [0.15, 0.2) is 58.3 Å². The fraction of sp³-hybridized carbons (Fsp3) is 0.250. The van der Waals surface area contributed by atoms with Crippen molar-refractivity contribution >= 4 is 17.6 Å². The van der Waals surface area contributed by atoms with Gasteiger partial charge in [0.1, 0.15) is 11.4 Å². The van der Waals surface area contributed by atoms with Gasteiger partial charge in [0.25, 0.3) is 5.56 Å². The number of nitrogens with zero attached hydrogens (tertiary/aromatic N) is 3. The van der Waals surface area contributed by atoms with E-state index >= 15 is 0 Å². The van der Waals surface area contributed by atoms with Gasteiger partial charge in [-0.05, 0) is 42.8 Å². The molecule has 194 valence electrons. The number of hydrogen-bond acceptors (Lipinski definition) is 6. The Bertz CT molecular complexity index is 1480. The molecular formula is C24H20F4N4O5. The van der Waals surface area contributed by atoms with E-state index in [1.807, 2.05) is 0 Å². The molecule has 1 saturated heterocycles. The number of hydrogen-bond donors (Lipinski definition) is 1. The van der Waals surface area contributed by atoms with Crippen LogP contribution in [0.25, 0.3) is 5.69 Å². The molecule has 3 aromatic rings. The van der Waals surface area contributed by atoms with Gasteiger partial charge in [0.2, 0.25) is 5.91 Å². The van der Waals surface area contributed by atoms with Gasteiger partial charge in [-0.1, -0.05) is 12.1 Å². The average molecular weight is 520 g/mol. The number of ether oxygens (including phenoxy) is 1. The molecular weight excluding hydrogens is 500 g/mol. The number of carbonyl (C=O) groups is 2. The Hall–Kier alpha value is -4.42. The normalized spacial score (nSPS) is 13.5. The molecule has 0 bridgehead atoms. The quantitative estimate of drug-likeness (QED) is 0.395. The highest BCUT2D eigenvalue weighted by Gasteiger charge is 2.37. The molecule has 13 heteroatoms. The molecule has 0 radical (unpaired) electrons. The van der Waals surface area contributed by atoms with Crippen LogP contribution in [0, 0.1) is 5.82 Å². The minimum absolute atomic E-state index is 0.100. The second-order valence-corrected chi connectivity index (χ2v) is 8.05. The summed E-state index contributed by atoms with van der Waals surface area (Å²) in [5, 5.41) is 2.65. The Morgan fingerprint density at radius 2 is 1.73 bits per heavy atom. The number of rotatable bonds is 6. The number of nitrogens with one attached hydrogen (secondary N) is 1. The molecule has 0 saturated carbocycles. The zero-order valence-corrected chi connectivity index (χ0v) is 19.3. The summed E-state index contributed by atoms with van der Waals surface area (Å²) in [5.74, 6) is -2.81. The number of benzene rings is 2. The molecule has 2 heterocycles. The Balaban J connectivity index is 1.85. The lowest BCUT2D eigenvalue weighted by Crippen LogP contribution is -2.42. The van der Waals surface area contributed by atoms with Gasteiger partial charge in [0, 0.05) is 11.9 Å². The Kier molecular flexibility index (Phi) is 6.88. The van der Waals surface area contributed by atoms with Gasteiger partial charge in [-0.15, -0.1) is 0 Å². The van der Waals surface area contributed by atoms with Gasteiger partial charge >= 0.3 is 17.8 Å². The van der Waals surface area contributed by atoms with E-state index < -0.39 is 52.4 Å². The van der Waals surface area contributed by atoms with E-state index in [1.54, 1.807) is 17.0 Å². The number of esters is 1. The topological polar surface area (TPSA) is 103 Å². The number of alkyl halides is 3. The van der Waals surface area contributed by atoms with Crippen molar-refractivity contribution in [3.8, 4) is 5.69 Å². The van der Waals surface area contributed by atoms with Crippen LogP contribution in [0.3, 0.4) is 0 Å². The monoisotopic (exact) mass is 520 g/mol. The summed E-state index contributed by atoms with van der Waals surface area (Å²) in [6.07, 6.45) is -4.14. The molecule has 2 aromatic carbocycles. The number of amides is 1. The van der Waals surface area contributed by atoms with E-state index in [2.05, 4.69) is 5.32 Å². The zero-order chi connectivity index (χ0) is 26.9. The van der Waals surface area contributed by atoms with Crippen LogP contribution in [0.1, 0.15) is 28.4 Å². The van der Waals surface area contributed by atoms with Crippen LogP contribution >= 0.6 is 0 Å². The summed E-state index contributed by atoms with van der Waals surface area (Å²) >= 11 is 0.